The third kappa shape index (κ3) is 3.75. The Kier molecular flexibility index (Phi) is 5.33. The summed E-state index contributed by atoms with van der Waals surface area (Å²) < 4.78 is 19.9. The van der Waals surface area contributed by atoms with Crippen molar-refractivity contribution in [2.45, 2.75) is 13.5 Å². The van der Waals surface area contributed by atoms with Crippen molar-refractivity contribution in [2.75, 3.05) is 38.3 Å². The molecule has 1 aliphatic rings. The number of morpholine rings is 1. The van der Waals surface area contributed by atoms with Gasteiger partial charge < -0.3 is 14.5 Å². The molecule has 2 heterocycles. The van der Waals surface area contributed by atoms with Crippen molar-refractivity contribution >= 4 is 33.0 Å². The van der Waals surface area contributed by atoms with E-state index < -0.39 is 0 Å². The van der Waals surface area contributed by atoms with Crippen LogP contribution in [0.3, 0.4) is 0 Å². The molecule has 1 aliphatic heterocycles. The number of amides is 1. The Morgan fingerprint density at radius 2 is 1.89 bits per heavy atom. The van der Waals surface area contributed by atoms with Gasteiger partial charge in [-0.15, -0.1) is 11.3 Å². The second-order valence-electron chi connectivity index (χ2n) is 7.12. The molecule has 4 nitrogen and oxygen atoms in total. The quantitative estimate of drug-likeness (QED) is 0.651. The van der Waals surface area contributed by atoms with Crippen LogP contribution in [0.5, 0.6) is 0 Å². The number of thiophene rings is 1. The molecule has 1 amide bonds. The Morgan fingerprint density at radius 3 is 2.61 bits per heavy atom. The van der Waals surface area contributed by atoms with Crippen LogP contribution in [0.15, 0.2) is 42.5 Å². The number of anilines is 1. The second-order valence-corrected chi connectivity index (χ2v) is 8.18. The Morgan fingerprint density at radius 1 is 1.18 bits per heavy atom. The maximum Gasteiger partial charge on any atom is 0.264 e. The fourth-order valence-corrected chi connectivity index (χ4v) is 4.73. The number of carbonyl (C=O) groups excluding carboxylic acids is 1. The lowest BCUT2D eigenvalue weighted by molar-refractivity contribution is 0.0789. The van der Waals surface area contributed by atoms with Crippen LogP contribution in [0.2, 0.25) is 0 Å². The van der Waals surface area contributed by atoms with Gasteiger partial charge in [0.15, 0.2) is 0 Å². The minimum absolute atomic E-state index is 0.0311. The lowest BCUT2D eigenvalue weighted by Gasteiger charge is -2.29. The topological polar surface area (TPSA) is 32.8 Å². The standard InChI is InChI=1S/C22H23FN2O2S/c1-15-19-13-17(23)5-8-20(19)28-21(15)22(26)24(2)14-16-3-6-18(7-4-16)25-9-11-27-12-10-25/h3-8,13H,9-12,14H2,1-2H3. The molecule has 1 saturated heterocycles. The van der Waals surface area contributed by atoms with E-state index in [0.717, 1.165) is 47.5 Å². The predicted molar refractivity (Wildman–Crippen MR) is 112 cm³/mol. The minimum Gasteiger partial charge on any atom is -0.378 e. The summed E-state index contributed by atoms with van der Waals surface area (Å²) in [5.41, 5.74) is 3.11. The lowest BCUT2D eigenvalue weighted by Crippen LogP contribution is -2.36. The first-order valence-corrected chi connectivity index (χ1v) is 10.2. The fraction of sp³-hybridized carbons (Fsp3) is 0.318. The molecule has 0 N–H and O–H groups in total. The van der Waals surface area contributed by atoms with E-state index in [2.05, 4.69) is 29.2 Å². The number of nitrogens with zero attached hydrogens (tertiary/aromatic N) is 2. The van der Waals surface area contributed by atoms with Crippen molar-refractivity contribution in [1.29, 1.82) is 0 Å². The highest BCUT2D eigenvalue weighted by Crippen LogP contribution is 2.32. The van der Waals surface area contributed by atoms with E-state index in [1.807, 2.05) is 14.0 Å². The van der Waals surface area contributed by atoms with E-state index >= 15 is 0 Å². The van der Waals surface area contributed by atoms with Gasteiger partial charge in [-0.1, -0.05) is 12.1 Å². The van der Waals surface area contributed by atoms with Crippen LogP contribution in [-0.2, 0) is 11.3 Å². The first-order valence-electron chi connectivity index (χ1n) is 9.38. The Bertz CT molecular complexity index is 994. The number of benzene rings is 2. The molecule has 0 radical (unpaired) electrons. The average Bonchev–Trinajstić information content (AvgIpc) is 3.04. The van der Waals surface area contributed by atoms with Crippen LogP contribution < -0.4 is 4.90 Å². The van der Waals surface area contributed by atoms with Gasteiger partial charge in [-0.05, 0) is 53.8 Å². The average molecular weight is 399 g/mol. The number of rotatable bonds is 4. The van der Waals surface area contributed by atoms with Crippen LogP contribution in [0.1, 0.15) is 20.8 Å². The van der Waals surface area contributed by atoms with E-state index in [9.17, 15) is 9.18 Å². The highest BCUT2D eigenvalue weighted by molar-refractivity contribution is 7.21. The number of ether oxygens (including phenoxy) is 1. The maximum atomic E-state index is 13.5. The predicted octanol–water partition coefficient (Wildman–Crippen LogP) is 4.46. The first kappa shape index (κ1) is 18.9. The van der Waals surface area contributed by atoms with Crippen LogP contribution >= 0.6 is 11.3 Å². The summed E-state index contributed by atoms with van der Waals surface area (Å²) >= 11 is 1.42. The fourth-order valence-electron chi connectivity index (χ4n) is 3.55. The van der Waals surface area contributed by atoms with Crippen LogP contribution in [0.25, 0.3) is 10.1 Å². The van der Waals surface area contributed by atoms with Gasteiger partial charge in [0, 0.05) is 37.1 Å². The second kappa shape index (κ2) is 7.89. The molecule has 0 unspecified atom stereocenters. The molecule has 6 heteroatoms. The summed E-state index contributed by atoms with van der Waals surface area (Å²) in [7, 11) is 1.81. The highest BCUT2D eigenvalue weighted by Gasteiger charge is 2.19. The van der Waals surface area contributed by atoms with Crippen molar-refractivity contribution in [3.05, 3.63) is 64.3 Å². The van der Waals surface area contributed by atoms with Gasteiger partial charge in [0.25, 0.3) is 5.91 Å². The number of hydrogen-bond acceptors (Lipinski definition) is 4. The van der Waals surface area contributed by atoms with Gasteiger partial charge in [-0.2, -0.15) is 0 Å². The van der Waals surface area contributed by atoms with E-state index in [1.165, 1.54) is 29.2 Å². The largest absolute Gasteiger partial charge is 0.378 e. The molecular weight excluding hydrogens is 375 g/mol. The molecule has 0 saturated carbocycles. The lowest BCUT2D eigenvalue weighted by atomic mass is 10.1. The molecular formula is C22H23FN2O2S. The minimum atomic E-state index is -0.277. The Hall–Kier alpha value is -2.44. The van der Waals surface area contributed by atoms with E-state index in [4.69, 9.17) is 4.74 Å². The smallest absolute Gasteiger partial charge is 0.264 e. The van der Waals surface area contributed by atoms with Crippen molar-refractivity contribution in [1.82, 2.24) is 4.90 Å². The summed E-state index contributed by atoms with van der Waals surface area (Å²) in [6, 6.07) is 13.0. The van der Waals surface area contributed by atoms with Crippen molar-refractivity contribution in [3.63, 3.8) is 0 Å². The SMILES string of the molecule is Cc1c(C(=O)N(C)Cc2ccc(N3CCOCC3)cc2)sc2ccc(F)cc12. The maximum absolute atomic E-state index is 13.5. The third-order valence-electron chi connectivity index (χ3n) is 5.17. The van der Waals surface area contributed by atoms with Crippen LogP contribution in [0, 0.1) is 12.7 Å². The number of aryl methyl sites for hydroxylation is 1. The van der Waals surface area contributed by atoms with E-state index in [0.29, 0.717) is 11.4 Å². The molecule has 1 aromatic heterocycles. The summed E-state index contributed by atoms with van der Waals surface area (Å²) in [5, 5.41) is 0.816. The van der Waals surface area contributed by atoms with Crippen LogP contribution in [0.4, 0.5) is 10.1 Å². The van der Waals surface area contributed by atoms with E-state index in [1.54, 1.807) is 11.0 Å². The van der Waals surface area contributed by atoms with Gasteiger partial charge in [0.1, 0.15) is 5.82 Å². The van der Waals surface area contributed by atoms with Crippen molar-refractivity contribution < 1.29 is 13.9 Å². The number of hydrogen-bond donors (Lipinski definition) is 0. The van der Waals surface area contributed by atoms with Crippen molar-refractivity contribution in [2.24, 2.45) is 0 Å². The molecule has 4 rings (SSSR count). The summed E-state index contributed by atoms with van der Waals surface area (Å²) in [5.74, 6) is -0.308. The third-order valence-corrected chi connectivity index (χ3v) is 6.43. The van der Waals surface area contributed by atoms with Crippen molar-refractivity contribution in [3.8, 4) is 0 Å². The molecule has 0 aliphatic carbocycles. The molecule has 28 heavy (non-hydrogen) atoms. The van der Waals surface area contributed by atoms with Gasteiger partial charge in [-0.25, -0.2) is 4.39 Å². The zero-order chi connectivity index (χ0) is 19.7. The Labute approximate surface area is 168 Å². The van der Waals surface area contributed by atoms with Crippen LogP contribution in [-0.4, -0.2) is 44.2 Å². The highest BCUT2D eigenvalue weighted by atomic mass is 32.1. The summed E-state index contributed by atoms with van der Waals surface area (Å²) in [6.45, 7) is 5.75. The van der Waals surface area contributed by atoms with Gasteiger partial charge in [0.2, 0.25) is 0 Å². The summed E-state index contributed by atoms with van der Waals surface area (Å²) in [6.07, 6.45) is 0. The molecule has 3 aromatic rings. The monoisotopic (exact) mass is 398 g/mol. The molecule has 146 valence electrons. The molecule has 1 fully saturated rings. The number of carbonyl (C=O) groups is 1. The first-order chi connectivity index (χ1) is 13.5. The molecule has 0 bridgehead atoms. The zero-order valence-electron chi connectivity index (χ0n) is 16.1. The van der Waals surface area contributed by atoms with Gasteiger partial charge in [0.05, 0.1) is 18.1 Å². The Balaban J connectivity index is 1.48. The van der Waals surface area contributed by atoms with E-state index in [-0.39, 0.29) is 11.7 Å². The number of fused-ring (bicyclic) bond motifs is 1. The summed E-state index contributed by atoms with van der Waals surface area (Å²) in [4.78, 5) is 17.7. The molecule has 0 spiro atoms. The van der Waals surface area contributed by atoms with Gasteiger partial charge in [-0.3, -0.25) is 4.79 Å². The van der Waals surface area contributed by atoms with Gasteiger partial charge >= 0.3 is 0 Å². The zero-order valence-corrected chi connectivity index (χ0v) is 16.9. The molecule has 0 atom stereocenters. The normalized spacial score (nSPS) is 14.5. The number of halogens is 1. The molecule has 2 aromatic carbocycles.